The number of carbonyl (C=O) groups excluding carboxylic acids is 1. The van der Waals surface area contributed by atoms with E-state index in [1.54, 1.807) is 6.08 Å². The molecule has 0 fully saturated rings. The zero-order valence-electron chi connectivity index (χ0n) is 8.16. The van der Waals surface area contributed by atoms with Gasteiger partial charge < -0.3 is 10.8 Å². The fourth-order valence-electron chi connectivity index (χ4n) is 1.72. The molecule has 0 heterocycles. The molecule has 3 nitrogen and oxygen atoms in total. The quantitative estimate of drug-likeness (QED) is 0.625. The van der Waals surface area contributed by atoms with Gasteiger partial charge in [-0.1, -0.05) is 26.0 Å². The maximum atomic E-state index is 11.7. The summed E-state index contributed by atoms with van der Waals surface area (Å²) in [6.45, 7) is 3.76. The second-order valence-electron chi connectivity index (χ2n) is 4.07. The van der Waals surface area contributed by atoms with Gasteiger partial charge in [0.25, 0.3) is 0 Å². The molecule has 74 valence electrons. The Labute approximate surface area is 78.6 Å². The van der Waals surface area contributed by atoms with Gasteiger partial charge in [0.2, 0.25) is 0 Å². The van der Waals surface area contributed by atoms with Crippen LogP contribution in [0.2, 0.25) is 0 Å². The molecule has 0 amide bonds. The number of Topliss-reactive ketones (excluding diaryl/α,β-unsaturated/α-hetero) is 1. The van der Waals surface area contributed by atoms with Crippen molar-refractivity contribution in [1.29, 1.82) is 0 Å². The molecule has 0 saturated carbocycles. The Kier molecular flexibility index (Phi) is 2.88. The van der Waals surface area contributed by atoms with Crippen LogP contribution in [0.4, 0.5) is 0 Å². The minimum absolute atomic E-state index is 0.0488. The summed E-state index contributed by atoms with van der Waals surface area (Å²) >= 11 is 0. The third-order valence-corrected chi connectivity index (χ3v) is 2.48. The number of hydrogen-bond donors (Lipinski definition) is 2. The van der Waals surface area contributed by atoms with Crippen LogP contribution in [0.3, 0.4) is 0 Å². The van der Waals surface area contributed by atoms with Gasteiger partial charge in [-0.15, -0.1) is 0 Å². The minimum Gasteiger partial charge on any atom is -0.396 e. The van der Waals surface area contributed by atoms with Crippen molar-refractivity contribution >= 4 is 5.78 Å². The molecular weight excluding hydrogens is 166 g/mol. The van der Waals surface area contributed by atoms with Crippen molar-refractivity contribution in [3.05, 3.63) is 12.2 Å². The third kappa shape index (κ3) is 1.98. The molecule has 0 aromatic heterocycles. The highest BCUT2D eigenvalue weighted by atomic mass is 16.3. The Morgan fingerprint density at radius 2 is 2.38 bits per heavy atom. The first kappa shape index (κ1) is 10.4. The van der Waals surface area contributed by atoms with Gasteiger partial charge in [-0.3, -0.25) is 4.79 Å². The molecule has 3 N–H and O–H groups in total. The second kappa shape index (κ2) is 3.60. The average Bonchev–Trinajstić information content (AvgIpc) is 2.47. The van der Waals surface area contributed by atoms with E-state index in [2.05, 4.69) is 0 Å². The van der Waals surface area contributed by atoms with E-state index in [4.69, 9.17) is 10.8 Å². The highest BCUT2D eigenvalue weighted by molar-refractivity contribution is 5.92. The Balaban J connectivity index is 2.71. The predicted octanol–water partition coefficient (Wildman–Crippen LogP) is 0.477. The molecule has 2 unspecified atom stereocenters. The van der Waals surface area contributed by atoms with E-state index in [-0.39, 0.29) is 24.2 Å². The number of nitrogens with two attached hydrogens (primary N) is 1. The molecule has 0 spiro atoms. The van der Waals surface area contributed by atoms with Crippen LogP contribution in [0.1, 0.15) is 20.3 Å². The smallest absolute Gasteiger partial charge is 0.159 e. The van der Waals surface area contributed by atoms with Gasteiger partial charge in [0.1, 0.15) is 0 Å². The lowest BCUT2D eigenvalue weighted by molar-refractivity contribution is -0.125. The number of aliphatic hydroxyl groups is 1. The van der Waals surface area contributed by atoms with Crippen LogP contribution >= 0.6 is 0 Å². The number of hydrogen-bond acceptors (Lipinski definition) is 3. The molecule has 0 bridgehead atoms. The van der Waals surface area contributed by atoms with Crippen LogP contribution in [0, 0.1) is 11.8 Å². The summed E-state index contributed by atoms with van der Waals surface area (Å²) in [7, 11) is 0. The fourth-order valence-corrected chi connectivity index (χ4v) is 1.72. The first-order valence-electron chi connectivity index (χ1n) is 4.63. The predicted molar refractivity (Wildman–Crippen MR) is 51.1 cm³/mol. The van der Waals surface area contributed by atoms with Crippen molar-refractivity contribution in [3.63, 3.8) is 0 Å². The van der Waals surface area contributed by atoms with E-state index >= 15 is 0 Å². The van der Waals surface area contributed by atoms with Gasteiger partial charge in [-0.25, -0.2) is 0 Å². The van der Waals surface area contributed by atoms with Gasteiger partial charge >= 0.3 is 0 Å². The largest absolute Gasteiger partial charge is 0.396 e. The monoisotopic (exact) mass is 183 g/mol. The second-order valence-corrected chi connectivity index (χ2v) is 4.07. The van der Waals surface area contributed by atoms with E-state index in [0.717, 1.165) is 0 Å². The fraction of sp³-hybridized carbons (Fsp3) is 0.700. The molecule has 0 radical (unpaired) electrons. The Morgan fingerprint density at radius 1 is 1.77 bits per heavy atom. The lowest BCUT2D eigenvalue weighted by atomic mass is 9.86. The standard InChI is InChI=1S/C10H17NO2/c1-7(2)9(13)10(11)4-3-8(5-10)6-12/h3-4,7-8,12H,5-6,11H2,1-2H3. The van der Waals surface area contributed by atoms with Crippen molar-refractivity contribution < 1.29 is 9.90 Å². The maximum absolute atomic E-state index is 11.7. The molecule has 0 saturated heterocycles. The topological polar surface area (TPSA) is 63.3 Å². The molecule has 1 aliphatic rings. The summed E-state index contributed by atoms with van der Waals surface area (Å²) in [6.07, 6.45) is 4.11. The Morgan fingerprint density at radius 3 is 2.77 bits per heavy atom. The summed E-state index contributed by atoms with van der Waals surface area (Å²) in [6, 6.07) is 0. The van der Waals surface area contributed by atoms with Gasteiger partial charge in [0.05, 0.1) is 5.54 Å². The Bertz CT molecular complexity index is 235. The van der Waals surface area contributed by atoms with Gasteiger partial charge in [-0.2, -0.15) is 0 Å². The number of carbonyl (C=O) groups is 1. The highest BCUT2D eigenvalue weighted by Gasteiger charge is 2.38. The van der Waals surface area contributed by atoms with Crippen molar-refractivity contribution in [1.82, 2.24) is 0 Å². The number of rotatable bonds is 3. The third-order valence-electron chi connectivity index (χ3n) is 2.48. The summed E-state index contributed by atoms with van der Waals surface area (Å²) < 4.78 is 0. The zero-order valence-corrected chi connectivity index (χ0v) is 8.16. The lowest BCUT2D eigenvalue weighted by Crippen LogP contribution is -2.47. The highest BCUT2D eigenvalue weighted by Crippen LogP contribution is 2.28. The molecule has 3 heteroatoms. The van der Waals surface area contributed by atoms with Crippen LogP contribution in [0.25, 0.3) is 0 Å². The molecular formula is C10H17NO2. The van der Waals surface area contributed by atoms with E-state index < -0.39 is 5.54 Å². The molecule has 13 heavy (non-hydrogen) atoms. The van der Waals surface area contributed by atoms with Crippen LogP contribution in [0.15, 0.2) is 12.2 Å². The normalized spacial score (nSPS) is 32.8. The maximum Gasteiger partial charge on any atom is 0.159 e. The van der Waals surface area contributed by atoms with Crippen molar-refractivity contribution in [2.45, 2.75) is 25.8 Å². The van der Waals surface area contributed by atoms with E-state index in [1.165, 1.54) is 0 Å². The molecule has 2 atom stereocenters. The first-order chi connectivity index (χ1) is 5.99. The Hall–Kier alpha value is -0.670. The molecule has 0 aliphatic heterocycles. The SMILES string of the molecule is CC(C)C(=O)C1(N)C=CC(CO)C1. The molecule has 0 aromatic rings. The summed E-state index contributed by atoms with van der Waals surface area (Å²) in [5.41, 5.74) is 5.09. The van der Waals surface area contributed by atoms with E-state index in [1.807, 2.05) is 19.9 Å². The molecule has 0 aromatic carbocycles. The minimum atomic E-state index is -0.832. The van der Waals surface area contributed by atoms with Crippen LogP contribution in [-0.2, 0) is 4.79 Å². The van der Waals surface area contributed by atoms with Gasteiger partial charge in [-0.05, 0) is 6.42 Å². The summed E-state index contributed by atoms with van der Waals surface area (Å²) in [5.74, 6) is 0.0551. The molecule has 1 rings (SSSR count). The summed E-state index contributed by atoms with van der Waals surface area (Å²) in [5, 5.41) is 8.90. The van der Waals surface area contributed by atoms with E-state index in [9.17, 15) is 4.79 Å². The van der Waals surface area contributed by atoms with Gasteiger partial charge in [0.15, 0.2) is 5.78 Å². The summed E-state index contributed by atoms with van der Waals surface area (Å²) in [4.78, 5) is 11.7. The lowest BCUT2D eigenvalue weighted by Gasteiger charge is -2.23. The first-order valence-corrected chi connectivity index (χ1v) is 4.63. The van der Waals surface area contributed by atoms with Gasteiger partial charge in [0, 0.05) is 18.4 Å². The van der Waals surface area contributed by atoms with Crippen molar-refractivity contribution in [2.75, 3.05) is 6.61 Å². The van der Waals surface area contributed by atoms with Crippen molar-refractivity contribution in [3.8, 4) is 0 Å². The van der Waals surface area contributed by atoms with Crippen molar-refractivity contribution in [2.24, 2.45) is 17.6 Å². The van der Waals surface area contributed by atoms with E-state index in [0.29, 0.717) is 6.42 Å². The van der Waals surface area contributed by atoms with Crippen LogP contribution < -0.4 is 5.73 Å². The zero-order chi connectivity index (χ0) is 10.1. The number of ketones is 1. The number of aliphatic hydroxyl groups excluding tert-OH is 1. The van der Waals surface area contributed by atoms with Crippen LogP contribution in [-0.4, -0.2) is 23.0 Å². The average molecular weight is 183 g/mol. The van der Waals surface area contributed by atoms with Crippen LogP contribution in [0.5, 0.6) is 0 Å². The molecule has 1 aliphatic carbocycles.